The number of anilines is 1. The van der Waals surface area contributed by atoms with Crippen molar-refractivity contribution in [1.29, 1.82) is 0 Å². The largest absolute Gasteiger partial charge is 0.468 e. The molecule has 0 spiro atoms. The first kappa shape index (κ1) is 17.3. The van der Waals surface area contributed by atoms with Gasteiger partial charge in [0.05, 0.1) is 18.1 Å². The van der Waals surface area contributed by atoms with Crippen LogP contribution >= 0.6 is 0 Å². The smallest absolute Gasteiger partial charge is 0.325 e. The number of carbonyl (C=O) groups is 2. The number of aromatic nitrogens is 2. The number of amides is 1. The predicted molar refractivity (Wildman–Crippen MR) is 103 cm³/mol. The Kier molecular flexibility index (Phi) is 4.39. The van der Waals surface area contributed by atoms with Crippen LogP contribution in [0.2, 0.25) is 0 Å². The summed E-state index contributed by atoms with van der Waals surface area (Å²) in [6.45, 7) is 2.65. The van der Waals surface area contributed by atoms with Crippen LogP contribution in [-0.4, -0.2) is 35.1 Å². The highest BCUT2D eigenvalue weighted by molar-refractivity contribution is 5.96. The summed E-state index contributed by atoms with van der Waals surface area (Å²) in [6.07, 6.45) is 0.373. The van der Waals surface area contributed by atoms with E-state index in [0.717, 1.165) is 28.1 Å². The maximum Gasteiger partial charge on any atom is 0.325 e. The average Bonchev–Trinajstić information content (AvgIpc) is 3.23. The van der Waals surface area contributed by atoms with Gasteiger partial charge in [0.15, 0.2) is 0 Å². The molecule has 6 heteroatoms. The zero-order valence-electron chi connectivity index (χ0n) is 15.4. The van der Waals surface area contributed by atoms with E-state index in [9.17, 15) is 9.59 Å². The third kappa shape index (κ3) is 3.18. The average molecular weight is 363 g/mol. The van der Waals surface area contributed by atoms with Gasteiger partial charge < -0.3 is 14.2 Å². The van der Waals surface area contributed by atoms with Gasteiger partial charge in [0.2, 0.25) is 5.91 Å². The number of carbonyl (C=O) groups excluding carboxylic acids is 2. The van der Waals surface area contributed by atoms with E-state index < -0.39 is 0 Å². The van der Waals surface area contributed by atoms with E-state index >= 15 is 0 Å². The molecule has 1 atom stereocenters. The summed E-state index contributed by atoms with van der Waals surface area (Å²) in [5.74, 6) is 0.417. The molecule has 1 amide bonds. The van der Waals surface area contributed by atoms with Gasteiger partial charge >= 0.3 is 5.97 Å². The zero-order chi connectivity index (χ0) is 19.0. The molecule has 2 aromatic carbocycles. The van der Waals surface area contributed by atoms with E-state index in [1.807, 2.05) is 60.0 Å². The van der Waals surface area contributed by atoms with Gasteiger partial charge in [0.25, 0.3) is 0 Å². The van der Waals surface area contributed by atoms with Crippen LogP contribution in [0.3, 0.4) is 0 Å². The standard InChI is InChI=1S/C21H21N3O3/c1-14-7-9-16(10-8-14)23-12-15(11-19(23)25)21-22-17-5-3-4-6-18(17)24(21)13-20(26)27-2/h3-10,15H,11-13H2,1-2H3/t15-/m1/s1. The Morgan fingerprint density at radius 1 is 1.19 bits per heavy atom. The number of para-hydroxylation sites is 2. The lowest BCUT2D eigenvalue weighted by molar-refractivity contribution is -0.141. The third-order valence-corrected chi connectivity index (χ3v) is 5.03. The molecule has 1 aromatic heterocycles. The van der Waals surface area contributed by atoms with Gasteiger partial charge in [0, 0.05) is 24.6 Å². The molecule has 4 rings (SSSR count). The van der Waals surface area contributed by atoms with E-state index in [4.69, 9.17) is 9.72 Å². The third-order valence-electron chi connectivity index (χ3n) is 5.03. The summed E-state index contributed by atoms with van der Waals surface area (Å²) < 4.78 is 6.72. The molecule has 1 aliphatic rings. The van der Waals surface area contributed by atoms with Crippen molar-refractivity contribution >= 4 is 28.6 Å². The summed E-state index contributed by atoms with van der Waals surface area (Å²) in [6, 6.07) is 15.6. The molecular formula is C21H21N3O3. The van der Waals surface area contributed by atoms with Crippen molar-refractivity contribution in [3.05, 3.63) is 59.9 Å². The van der Waals surface area contributed by atoms with Crippen molar-refractivity contribution in [3.8, 4) is 0 Å². The first-order valence-corrected chi connectivity index (χ1v) is 8.96. The summed E-state index contributed by atoms with van der Waals surface area (Å²) in [5.41, 5.74) is 3.74. The van der Waals surface area contributed by atoms with Gasteiger partial charge in [-0.1, -0.05) is 29.8 Å². The molecule has 0 N–H and O–H groups in total. The quantitative estimate of drug-likeness (QED) is 0.669. The molecular weight excluding hydrogens is 342 g/mol. The Labute approximate surface area is 157 Å². The van der Waals surface area contributed by atoms with E-state index in [0.29, 0.717) is 13.0 Å². The first-order valence-electron chi connectivity index (χ1n) is 8.96. The predicted octanol–water partition coefficient (Wildman–Crippen LogP) is 3.04. The molecule has 2 heterocycles. The monoisotopic (exact) mass is 363 g/mol. The number of rotatable bonds is 4. The van der Waals surface area contributed by atoms with Crippen LogP contribution in [-0.2, 0) is 20.9 Å². The van der Waals surface area contributed by atoms with E-state index in [1.165, 1.54) is 7.11 Å². The molecule has 0 radical (unpaired) electrons. The molecule has 6 nitrogen and oxygen atoms in total. The lowest BCUT2D eigenvalue weighted by Gasteiger charge is -2.17. The number of aryl methyl sites for hydroxylation is 1. The lowest BCUT2D eigenvalue weighted by atomic mass is 10.1. The SMILES string of the molecule is COC(=O)Cn1c([C@@H]2CC(=O)N(c3ccc(C)cc3)C2)nc2ccccc21. The second kappa shape index (κ2) is 6.87. The molecule has 0 unspecified atom stereocenters. The van der Waals surface area contributed by atoms with Crippen LogP contribution < -0.4 is 4.90 Å². The Bertz CT molecular complexity index is 1010. The molecule has 138 valence electrons. The number of methoxy groups -OCH3 is 1. The minimum Gasteiger partial charge on any atom is -0.468 e. The Morgan fingerprint density at radius 2 is 1.93 bits per heavy atom. The molecule has 27 heavy (non-hydrogen) atoms. The number of hydrogen-bond donors (Lipinski definition) is 0. The Hall–Kier alpha value is -3.15. The van der Waals surface area contributed by atoms with Crippen LogP contribution in [0.5, 0.6) is 0 Å². The minimum absolute atomic E-state index is 0.0699. The number of benzene rings is 2. The molecule has 1 aliphatic heterocycles. The van der Waals surface area contributed by atoms with Crippen LogP contribution in [0.25, 0.3) is 11.0 Å². The van der Waals surface area contributed by atoms with Crippen LogP contribution in [0.1, 0.15) is 23.7 Å². The number of hydrogen-bond acceptors (Lipinski definition) is 4. The highest BCUT2D eigenvalue weighted by Crippen LogP contribution is 2.33. The van der Waals surface area contributed by atoms with Gasteiger partial charge in [-0.2, -0.15) is 0 Å². The molecule has 0 saturated carbocycles. The van der Waals surface area contributed by atoms with Crippen LogP contribution in [0.4, 0.5) is 5.69 Å². The fourth-order valence-electron chi connectivity index (χ4n) is 3.62. The molecule has 0 aliphatic carbocycles. The number of ether oxygens (including phenoxy) is 1. The molecule has 1 fully saturated rings. The van der Waals surface area contributed by atoms with Crippen molar-refractivity contribution < 1.29 is 14.3 Å². The minimum atomic E-state index is -0.334. The summed E-state index contributed by atoms with van der Waals surface area (Å²) >= 11 is 0. The number of esters is 1. The van der Waals surface area contributed by atoms with Crippen molar-refractivity contribution in [2.45, 2.75) is 25.8 Å². The highest BCUT2D eigenvalue weighted by atomic mass is 16.5. The topological polar surface area (TPSA) is 64.4 Å². The van der Waals surface area contributed by atoms with E-state index in [-0.39, 0.29) is 24.3 Å². The van der Waals surface area contributed by atoms with E-state index in [2.05, 4.69) is 0 Å². The Balaban J connectivity index is 1.70. The fraction of sp³-hybridized carbons (Fsp3) is 0.286. The summed E-state index contributed by atoms with van der Waals surface area (Å²) in [7, 11) is 1.37. The van der Waals surface area contributed by atoms with Gasteiger partial charge in [-0.15, -0.1) is 0 Å². The van der Waals surface area contributed by atoms with Crippen LogP contribution in [0, 0.1) is 6.92 Å². The van der Waals surface area contributed by atoms with Gasteiger partial charge in [0.1, 0.15) is 12.4 Å². The van der Waals surface area contributed by atoms with Crippen LogP contribution in [0.15, 0.2) is 48.5 Å². The maximum atomic E-state index is 12.6. The fourth-order valence-corrected chi connectivity index (χ4v) is 3.62. The molecule has 1 saturated heterocycles. The Morgan fingerprint density at radius 3 is 2.67 bits per heavy atom. The van der Waals surface area contributed by atoms with Crippen molar-refractivity contribution in [2.75, 3.05) is 18.6 Å². The van der Waals surface area contributed by atoms with Crippen molar-refractivity contribution in [3.63, 3.8) is 0 Å². The second-order valence-corrected chi connectivity index (χ2v) is 6.86. The molecule has 0 bridgehead atoms. The van der Waals surface area contributed by atoms with Crippen molar-refractivity contribution in [2.24, 2.45) is 0 Å². The first-order chi connectivity index (χ1) is 13.1. The lowest BCUT2D eigenvalue weighted by Crippen LogP contribution is -2.24. The zero-order valence-corrected chi connectivity index (χ0v) is 15.4. The van der Waals surface area contributed by atoms with E-state index in [1.54, 1.807) is 4.90 Å². The molecule has 3 aromatic rings. The number of imidazole rings is 1. The van der Waals surface area contributed by atoms with Gasteiger partial charge in [-0.3, -0.25) is 9.59 Å². The van der Waals surface area contributed by atoms with Gasteiger partial charge in [-0.25, -0.2) is 4.98 Å². The number of fused-ring (bicyclic) bond motifs is 1. The summed E-state index contributed by atoms with van der Waals surface area (Å²) in [5, 5.41) is 0. The summed E-state index contributed by atoms with van der Waals surface area (Å²) in [4.78, 5) is 31.1. The van der Waals surface area contributed by atoms with Gasteiger partial charge in [-0.05, 0) is 31.2 Å². The second-order valence-electron chi connectivity index (χ2n) is 6.86. The number of nitrogens with zero attached hydrogens (tertiary/aromatic N) is 3. The maximum absolute atomic E-state index is 12.6. The highest BCUT2D eigenvalue weighted by Gasteiger charge is 2.35. The normalized spacial score (nSPS) is 16.9. The van der Waals surface area contributed by atoms with Crippen molar-refractivity contribution in [1.82, 2.24) is 9.55 Å².